The highest BCUT2D eigenvalue weighted by Gasteiger charge is 2.29. The third-order valence-corrected chi connectivity index (χ3v) is 18.7. The molecule has 3 nitrogen and oxygen atoms in total. The Hall–Kier alpha value is -6.42. The number of hydrogen-bond acceptors (Lipinski definition) is 1. The van der Waals surface area contributed by atoms with Crippen molar-refractivity contribution in [3.8, 4) is 0 Å². The molecule has 0 saturated heterocycles. The molecule has 2 heterocycles. The Morgan fingerprint density at radius 3 is 0.989 bits per heavy atom. The van der Waals surface area contributed by atoms with Crippen LogP contribution in [0.25, 0.3) is 24.3 Å². The fourth-order valence-corrected chi connectivity index (χ4v) is 13.4. The summed E-state index contributed by atoms with van der Waals surface area (Å²) in [5.41, 5.74) is 25.4. The zero-order valence-electron chi connectivity index (χ0n) is 58.8. The molecule has 4 aliphatic carbocycles. The first-order valence-corrected chi connectivity index (χ1v) is 33.6. The van der Waals surface area contributed by atoms with Crippen LogP contribution in [0.5, 0.6) is 0 Å². The van der Waals surface area contributed by atoms with Gasteiger partial charge in [0, 0.05) is 42.8 Å². The molecular formula is C85H118N2O+2. The van der Waals surface area contributed by atoms with Gasteiger partial charge in [0.1, 0.15) is 13.2 Å². The van der Waals surface area contributed by atoms with Gasteiger partial charge in [0.05, 0.1) is 0 Å². The van der Waals surface area contributed by atoms with Crippen LogP contribution in [0, 0.1) is 21.7 Å². The maximum absolute atomic E-state index is 9.64. The number of aliphatic hydroxyl groups is 1. The molecule has 0 bridgehead atoms. The summed E-state index contributed by atoms with van der Waals surface area (Å²) in [4.78, 5) is 0. The van der Waals surface area contributed by atoms with Gasteiger partial charge in [-0.2, -0.15) is 9.13 Å². The predicted molar refractivity (Wildman–Crippen MR) is 387 cm³/mol. The lowest BCUT2D eigenvalue weighted by Crippen LogP contribution is -2.38. The zero-order valence-corrected chi connectivity index (χ0v) is 58.8. The van der Waals surface area contributed by atoms with Crippen LogP contribution in [0.15, 0.2) is 224 Å². The topological polar surface area (TPSA) is 28.0 Å². The lowest BCUT2D eigenvalue weighted by molar-refractivity contribution is -0.699. The Balaban J connectivity index is 0.000000321. The first-order valence-electron chi connectivity index (χ1n) is 33.6. The van der Waals surface area contributed by atoms with Gasteiger partial charge in [0.15, 0.2) is 18.9 Å². The van der Waals surface area contributed by atoms with E-state index in [1.54, 1.807) is 11.1 Å². The number of pyridine rings is 2. The van der Waals surface area contributed by atoms with Gasteiger partial charge in [-0.25, -0.2) is 0 Å². The number of allylic oxidation sites excluding steroid dienone is 32. The van der Waals surface area contributed by atoms with E-state index >= 15 is 0 Å². The molecular weight excluding hydrogens is 1060 g/mol. The van der Waals surface area contributed by atoms with Crippen molar-refractivity contribution in [1.29, 1.82) is 0 Å². The van der Waals surface area contributed by atoms with Crippen LogP contribution < -0.4 is 9.13 Å². The van der Waals surface area contributed by atoms with Gasteiger partial charge in [-0.3, -0.25) is 0 Å². The summed E-state index contributed by atoms with van der Waals surface area (Å²) < 4.78 is 4.46. The Labute approximate surface area is 538 Å². The molecule has 4 aliphatic rings. The number of aromatic nitrogens is 2. The highest BCUT2D eigenvalue weighted by atomic mass is 16.3. The molecule has 2 aromatic heterocycles. The van der Waals surface area contributed by atoms with Crippen molar-refractivity contribution in [1.82, 2.24) is 0 Å². The largest absolute Gasteiger partial charge is 0.390 e. The highest BCUT2D eigenvalue weighted by Crippen LogP contribution is 2.44. The normalized spacial score (nSPS) is 20.4. The van der Waals surface area contributed by atoms with Crippen LogP contribution in [-0.4, -0.2) is 11.7 Å². The van der Waals surface area contributed by atoms with E-state index in [2.05, 4.69) is 311 Å². The average Bonchev–Trinajstić information content (AvgIpc) is 3.14. The van der Waals surface area contributed by atoms with E-state index < -0.39 is 0 Å². The van der Waals surface area contributed by atoms with Crippen LogP contribution in [-0.2, 0) is 13.1 Å². The van der Waals surface area contributed by atoms with Crippen molar-refractivity contribution >= 4 is 24.3 Å². The van der Waals surface area contributed by atoms with Crippen molar-refractivity contribution in [3.05, 3.63) is 247 Å². The minimum absolute atomic E-state index is 0.109. The summed E-state index contributed by atoms with van der Waals surface area (Å²) in [6.07, 6.45) is 69.6. The highest BCUT2D eigenvalue weighted by molar-refractivity contribution is 5.59. The Bertz CT molecular complexity index is 3100. The summed E-state index contributed by atoms with van der Waals surface area (Å²) in [7, 11) is 0. The molecule has 0 atom stereocenters. The molecule has 6 rings (SSSR count). The van der Waals surface area contributed by atoms with Crippen LogP contribution in [0.2, 0.25) is 0 Å². The molecule has 0 fully saturated rings. The first kappa shape index (κ1) is 72.3. The molecule has 0 spiro atoms. The second kappa shape index (κ2) is 34.5. The van der Waals surface area contributed by atoms with Gasteiger partial charge in [-0.15, -0.1) is 0 Å². The molecule has 0 unspecified atom stereocenters. The fourth-order valence-electron chi connectivity index (χ4n) is 13.4. The Morgan fingerprint density at radius 2 is 0.705 bits per heavy atom. The molecule has 472 valence electrons. The third kappa shape index (κ3) is 23.2. The third-order valence-electron chi connectivity index (χ3n) is 18.7. The molecule has 0 amide bonds. The maximum atomic E-state index is 9.64. The van der Waals surface area contributed by atoms with Gasteiger partial charge < -0.3 is 5.11 Å². The second-order valence-corrected chi connectivity index (χ2v) is 28.8. The number of hydrogen-bond donors (Lipinski definition) is 1. The van der Waals surface area contributed by atoms with Crippen molar-refractivity contribution in [2.75, 3.05) is 6.61 Å². The lowest BCUT2D eigenvalue weighted by atomic mass is 9.72. The van der Waals surface area contributed by atoms with Gasteiger partial charge in [-0.05, 0) is 213 Å². The van der Waals surface area contributed by atoms with Gasteiger partial charge in [0.2, 0.25) is 11.4 Å². The van der Waals surface area contributed by atoms with Crippen LogP contribution in [0.4, 0.5) is 0 Å². The van der Waals surface area contributed by atoms with Crippen LogP contribution in [0.3, 0.4) is 0 Å². The minimum Gasteiger partial charge on any atom is -0.390 e. The molecule has 0 radical (unpaired) electrons. The first-order chi connectivity index (χ1) is 41.6. The number of aliphatic hydroxyl groups excluding tert-OH is 1. The Kier molecular flexibility index (Phi) is 28.4. The summed E-state index contributed by atoms with van der Waals surface area (Å²) in [6, 6.07) is 8.81. The molecule has 1 N–H and O–H groups in total. The van der Waals surface area contributed by atoms with E-state index in [1.807, 2.05) is 0 Å². The van der Waals surface area contributed by atoms with Crippen molar-refractivity contribution in [2.24, 2.45) is 21.7 Å². The van der Waals surface area contributed by atoms with Crippen LogP contribution >= 0.6 is 0 Å². The number of rotatable bonds is 22. The summed E-state index contributed by atoms with van der Waals surface area (Å²) in [5.74, 6) is 0. The van der Waals surface area contributed by atoms with E-state index in [-0.39, 0.29) is 28.3 Å². The number of aryl methyl sites for hydroxylation is 1. The molecule has 88 heavy (non-hydrogen) atoms. The summed E-state index contributed by atoms with van der Waals surface area (Å²) in [6.45, 7) is 45.1. The fraction of sp³-hybridized carbons (Fsp3) is 0.459. The molecule has 0 saturated carbocycles. The predicted octanol–water partition coefficient (Wildman–Crippen LogP) is 23.4. The maximum Gasteiger partial charge on any atom is 0.206 e. The quantitative estimate of drug-likeness (QED) is 0.0924. The van der Waals surface area contributed by atoms with Crippen molar-refractivity contribution in [3.63, 3.8) is 0 Å². The zero-order chi connectivity index (χ0) is 64.7. The van der Waals surface area contributed by atoms with E-state index in [4.69, 9.17) is 0 Å². The molecule has 2 aromatic rings. The standard InChI is InChI=1S/C43H60N.C42H58NO/c1-11-29-44-30-26-38(21-13-17-34(3)23-25-41-37(6)20-15-28-43(41,9)10)32-39(44)31-35(4)18-12-16-33(2)22-24-40-36(5)19-14-27-42(40,7)8;1-32(20-22-39-35(4)17-12-25-41(39,6)7)14-10-16-34(3)30-38-31-37(24-27-43(38)28-29-44)19-11-15-33(2)21-23-40-36(5)18-13-26-42(40,8)9/h12-13,16-18,21-26,30-32H,11,14-15,19-20,27-29H2,1-10H3;10-11,14-16,19-24,27,30-31,44H,12-13,17-18,25-26,28-29H2,1-9H3/q2*+1/b18-12+,21-13+,24-22+,25-23+,33-16+,34-17+,35-31+;16-10+,19-11+,22-20+,23-21+,32-14+,33-15+,34-30+. The van der Waals surface area contributed by atoms with Gasteiger partial charge in [-0.1, -0.05) is 228 Å². The summed E-state index contributed by atoms with van der Waals surface area (Å²) in [5, 5.41) is 9.64. The average molecular weight is 1180 g/mol. The smallest absolute Gasteiger partial charge is 0.206 e. The van der Waals surface area contributed by atoms with E-state index in [0.29, 0.717) is 6.54 Å². The minimum atomic E-state index is 0.109. The molecule has 0 aromatic carbocycles. The van der Waals surface area contributed by atoms with E-state index in [1.165, 1.54) is 150 Å². The Morgan fingerprint density at radius 1 is 0.409 bits per heavy atom. The number of nitrogens with zero attached hydrogens (tertiary/aromatic N) is 2. The molecule has 0 aliphatic heterocycles. The van der Waals surface area contributed by atoms with Gasteiger partial charge >= 0.3 is 0 Å². The SMILES string of the molecule is CC1=C(/C=C/C(C)=C/C=C/C(C)=C/c2cc(/C=C/C=C(C)/C=C/C3=C(C)CCCC3(C)C)cc[n+]2CCO)C(C)(C)CCC1.CCC[n+]1ccc(/C=C/C=C(C)/C=C/C2=C(C)CCCC2(C)C)cc1/C=C(C)/C=C/C=C(C)/C=C/C1=C(C)CCCC1(C)C. The summed E-state index contributed by atoms with van der Waals surface area (Å²) >= 11 is 0. The van der Waals surface area contributed by atoms with E-state index in [9.17, 15) is 5.11 Å². The van der Waals surface area contributed by atoms with Gasteiger partial charge in [0.25, 0.3) is 0 Å². The monoisotopic (exact) mass is 1180 g/mol. The second-order valence-electron chi connectivity index (χ2n) is 28.8. The van der Waals surface area contributed by atoms with E-state index in [0.717, 1.165) is 29.8 Å². The molecule has 3 heteroatoms. The van der Waals surface area contributed by atoms with Crippen molar-refractivity contribution < 1.29 is 14.2 Å². The van der Waals surface area contributed by atoms with Crippen LogP contribution in [0.1, 0.15) is 238 Å². The van der Waals surface area contributed by atoms with Crippen molar-refractivity contribution in [2.45, 2.75) is 228 Å². The lowest BCUT2D eigenvalue weighted by Gasteiger charge is -2.33.